The molecule has 5 heteroatoms. The molecule has 0 saturated carbocycles. The fourth-order valence-corrected chi connectivity index (χ4v) is 2.60. The first-order chi connectivity index (χ1) is 7.18. The Morgan fingerprint density at radius 2 is 1.93 bits per heavy atom. The topological polar surface area (TPSA) is 37.3 Å². The Hall–Kier alpha value is -0.680. The molecule has 0 fully saturated rings. The normalized spacial score (nSPS) is 10.2. The van der Waals surface area contributed by atoms with E-state index in [0.29, 0.717) is 0 Å². The van der Waals surface area contributed by atoms with E-state index in [9.17, 15) is 9.18 Å². The molecule has 0 heterocycles. The van der Waals surface area contributed by atoms with Gasteiger partial charge < -0.3 is 5.11 Å². The van der Waals surface area contributed by atoms with E-state index in [1.54, 1.807) is 23.9 Å². The van der Waals surface area contributed by atoms with Crippen LogP contribution in [0.25, 0.3) is 0 Å². The van der Waals surface area contributed by atoms with Crippen molar-refractivity contribution in [3.8, 4) is 0 Å². The molecular weight excluding hydrogens is 235 g/mol. The number of carbonyl (C=O) groups is 1. The van der Waals surface area contributed by atoms with E-state index in [1.165, 1.54) is 23.9 Å². The van der Waals surface area contributed by atoms with Gasteiger partial charge in [-0.05, 0) is 24.3 Å². The van der Waals surface area contributed by atoms with Gasteiger partial charge in [0.2, 0.25) is 0 Å². The molecule has 1 aromatic carbocycles. The second-order valence-corrected chi connectivity index (χ2v) is 5.02. The van der Waals surface area contributed by atoms with E-state index >= 15 is 0 Å². The van der Waals surface area contributed by atoms with Crippen LogP contribution in [0.1, 0.15) is 0 Å². The summed E-state index contributed by atoms with van der Waals surface area (Å²) in [5.74, 6) is 0.744. The molecule has 0 aliphatic heterocycles. The number of hydrogen-bond acceptors (Lipinski definition) is 3. The maximum atomic E-state index is 12.5. The number of carboxylic acids is 1. The van der Waals surface area contributed by atoms with Crippen molar-refractivity contribution in [3.05, 3.63) is 30.1 Å². The molecule has 1 aromatic rings. The van der Waals surface area contributed by atoms with E-state index in [-0.39, 0.29) is 11.6 Å². The van der Waals surface area contributed by atoms with Gasteiger partial charge in [-0.25, -0.2) is 4.39 Å². The number of halogens is 1. The van der Waals surface area contributed by atoms with Crippen LogP contribution in [0, 0.1) is 5.82 Å². The zero-order valence-corrected chi connectivity index (χ0v) is 9.61. The summed E-state index contributed by atoms with van der Waals surface area (Å²) in [6.07, 6.45) is 0. The van der Waals surface area contributed by atoms with Gasteiger partial charge >= 0.3 is 5.97 Å². The highest BCUT2D eigenvalue weighted by Gasteiger charge is 1.98. The molecule has 1 N–H and O–H groups in total. The largest absolute Gasteiger partial charge is 0.481 e. The Labute approximate surface area is 96.3 Å². The quantitative estimate of drug-likeness (QED) is 0.618. The van der Waals surface area contributed by atoms with E-state index in [0.717, 1.165) is 16.4 Å². The molecule has 0 saturated heterocycles. The summed E-state index contributed by atoms with van der Waals surface area (Å²) in [4.78, 5) is 11.2. The van der Waals surface area contributed by atoms with Crippen LogP contribution in [-0.2, 0) is 4.79 Å². The van der Waals surface area contributed by atoms with Gasteiger partial charge in [-0.1, -0.05) is 0 Å². The van der Waals surface area contributed by atoms with Gasteiger partial charge in [0.05, 0.1) is 5.75 Å². The highest BCUT2D eigenvalue weighted by atomic mass is 32.2. The molecule has 15 heavy (non-hydrogen) atoms. The van der Waals surface area contributed by atoms with Crippen LogP contribution >= 0.6 is 23.5 Å². The van der Waals surface area contributed by atoms with Crippen LogP contribution in [0.3, 0.4) is 0 Å². The maximum absolute atomic E-state index is 12.5. The summed E-state index contributed by atoms with van der Waals surface area (Å²) in [5, 5.41) is 8.39. The van der Waals surface area contributed by atoms with E-state index in [4.69, 9.17) is 5.11 Å². The zero-order valence-electron chi connectivity index (χ0n) is 7.98. The van der Waals surface area contributed by atoms with Gasteiger partial charge in [0, 0.05) is 16.4 Å². The standard InChI is InChI=1S/C10H11FO2S2/c11-8-1-3-9(4-2-8)15-6-5-14-7-10(12)13/h1-4H,5-7H2,(H,12,13). The number of aliphatic carboxylic acids is 1. The van der Waals surface area contributed by atoms with Crippen molar-refractivity contribution in [1.82, 2.24) is 0 Å². The fraction of sp³-hybridized carbons (Fsp3) is 0.300. The summed E-state index contributed by atoms with van der Waals surface area (Å²) in [6.45, 7) is 0. The lowest BCUT2D eigenvalue weighted by atomic mass is 10.4. The van der Waals surface area contributed by atoms with E-state index in [2.05, 4.69) is 0 Å². The smallest absolute Gasteiger partial charge is 0.313 e. The highest BCUT2D eigenvalue weighted by Crippen LogP contribution is 2.19. The van der Waals surface area contributed by atoms with E-state index in [1.807, 2.05) is 0 Å². The van der Waals surface area contributed by atoms with Crippen molar-refractivity contribution in [1.29, 1.82) is 0 Å². The van der Waals surface area contributed by atoms with Crippen molar-refractivity contribution in [3.63, 3.8) is 0 Å². The van der Waals surface area contributed by atoms with Gasteiger partial charge in [-0.15, -0.1) is 23.5 Å². The number of thioether (sulfide) groups is 2. The Balaban J connectivity index is 2.15. The molecule has 0 aliphatic carbocycles. The molecule has 82 valence electrons. The zero-order chi connectivity index (χ0) is 11.1. The van der Waals surface area contributed by atoms with Gasteiger partial charge in [-0.2, -0.15) is 0 Å². The molecule has 0 aromatic heterocycles. The minimum atomic E-state index is -0.785. The van der Waals surface area contributed by atoms with Crippen LogP contribution in [0.15, 0.2) is 29.2 Å². The van der Waals surface area contributed by atoms with Crippen LogP contribution in [0.5, 0.6) is 0 Å². The Bertz CT molecular complexity index is 314. The van der Waals surface area contributed by atoms with Crippen molar-refractivity contribution < 1.29 is 14.3 Å². The molecule has 1 rings (SSSR count). The minimum absolute atomic E-state index is 0.143. The predicted octanol–water partition coefficient (Wildman–Crippen LogP) is 2.74. The Kier molecular flexibility index (Phi) is 5.57. The average molecular weight is 246 g/mol. The first-order valence-electron chi connectivity index (χ1n) is 4.36. The Morgan fingerprint density at radius 1 is 1.27 bits per heavy atom. The van der Waals surface area contributed by atoms with Crippen molar-refractivity contribution in [2.45, 2.75) is 4.90 Å². The lowest BCUT2D eigenvalue weighted by molar-refractivity contribution is -0.133. The molecular formula is C10H11FO2S2. The number of carboxylic acid groups (broad SMARTS) is 1. The molecule has 0 spiro atoms. The maximum Gasteiger partial charge on any atom is 0.313 e. The first kappa shape index (κ1) is 12.4. The number of rotatable bonds is 6. The van der Waals surface area contributed by atoms with Crippen LogP contribution in [-0.4, -0.2) is 28.3 Å². The minimum Gasteiger partial charge on any atom is -0.481 e. The SMILES string of the molecule is O=C(O)CSCCSc1ccc(F)cc1. The third kappa shape index (κ3) is 5.69. The second-order valence-electron chi connectivity index (χ2n) is 2.75. The fourth-order valence-electron chi connectivity index (χ4n) is 0.909. The highest BCUT2D eigenvalue weighted by molar-refractivity contribution is 8.03. The van der Waals surface area contributed by atoms with Crippen LogP contribution in [0.2, 0.25) is 0 Å². The van der Waals surface area contributed by atoms with Crippen molar-refractivity contribution in [2.75, 3.05) is 17.3 Å². The molecule has 0 unspecified atom stereocenters. The second kappa shape index (κ2) is 6.74. The van der Waals surface area contributed by atoms with Crippen molar-refractivity contribution in [2.24, 2.45) is 0 Å². The van der Waals surface area contributed by atoms with Gasteiger partial charge in [0.15, 0.2) is 0 Å². The lowest BCUT2D eigenvalue weighted by Crippen LogP contribution is -1.99. The summed E-state index contributed by atoms with van der Waals surface area (Å²) >= 11 is 2.99. The molecule has 0 amide bonds. The van der Waals surface area contributed by atoms with Gasteiger partial charge in [0.25, 0.3) is 0 Å². The average Bonchev–Trinajstić information content (AvgIpc) is 2.20. The third-order valence-corrected chi connectivity index (χ3v) is 3.75. The van der Waals surface area contributed by atoms with Crippen molar-refractivity contribution >= 4 is 29.5 Å². The van der Waals surface area contributed by atoms with Gasteiger partial charge in [0.1, 0.15) is 5.82 Å². The summed E-state index contributed by atoms with van der Waals surface area (Å²) < 4.78 is 12.5. The molecule has 0 aliphatic rings. The van der Waals surface area contributed by atoms with Crippen LogP contribution < -0.4 is 0 Å². The van der Waals surface area contributed by atoms with E-state index < -0.39 is 5.97 Å². The number of benzene rings is 1. The summed E-state index contributed by atoms with van der Waals surface area (Å²) in [7, 11) is 0. The number of hydrogen-bond donors (Lipinski definition) is 1. The lowest BCUT2D eigenvalue weighted by Gasteiger charge is -2.00. The third-order valence-electron chi connectivity index (χ3n) is 1.54. The Morgan fingerprint density at radius 3 is 2.53 bits per heavy atom. The predicted molar refractivity (Wildman–Crippen MR) is 62.1 cm³/mol. The molecule has 0 atom stereocenters. The molecule has 0 bridgehead atoms. The monoisotopic (exact) mass is 246 g/mol. The van der Waals surface area contributed by atoms with Gasteiger partial charge in [-0.3, -0.25) is 4.79 Å². The molecule has 0 radical (unpaired) electrons. The molecule has 2 nitrogen and oxygen atoms in total. The summed E-state index contributed by atoms with van der Waals surface area (Å²) in [6, 6.07) is 6.29. The summed E-state index contributed by atoms with van der Waals surface area (Å²) in [5.41, 5.74) is 0. The van der Waals surface area contributed by atoms with Crippen LogP contribution in [0.4, 0.5) is 4.39 Å². The first-order valence-corrected chi connectivity index (χ1v) is 6.50.